The van der Waals surface area contributed by atoms with Gasteiger partial charge in [0.2, 0.25) is 0 Å². The van der Waals surface area contributed by atoms with Crippen molar-refractivity contribution in [1.29, 1.82) is 0 Å². The van der Waals surface area contributed by atoms with Gasteiger partial charge < -0.3 is 36.0 Å². The summed E-state index contributed by atoms with van der Waals surface area (Å²) in [6.07, 6.45) is 2.03. The minimum atomic E-state index is -3.56. The van der Waals surface area contributed by atoms with Crippen LogP contribution in [0.3, 0.4) is 0 Å². The number of carbonyl (C=O) groups excluding carboxylic acids is 1. The largest absolute Gasteiger partial charge is 1.00 e. The molecule has 1 unspecified atom stereocenters. The Balaban J connectivity index is 0.000000229. The summed E-state index contributed by atoms with van der Waals surface area (Å²) in [5.74, 6) is 0.282. The number of ether oxygens (including phenoxy) is 2. The zero-order valence-corrected chi connectivity index (χ0v) is 47.3. The number of morpholine rings is 2. The monoisotopic (exact) mass is 1080 g/mol. The molecule has 4 aromatic rings. The fourth-order valence-corrected chi connectivity index (χ4v) is 16.3. The number of thiophene rings is 2. The van der Waals surface area contributed by atoms with Crippen molar-refractivity contribution in [2.24, 2.45) is 0 Å². The van der Waals surface area contributed by atoms with Crippen molar-refractivity contribution in [2.75, 3.05) is 88.6 Å². The van der Waals surface area contributed by atoms with Crippen molar-refractivity contribution in [3.63, 3.8) is 0 Å². The SMILES string of the molecule is CC(C)(O)c1ccc(N2CCN(S(=O)(=O)c3cccs3)C[C@@H]2CN2[C@@H]3COC[C@H]2CC(=O)C3)cc1.CC(C)(O)c1ccc(N2CCN(S(=O)(=O)c3cccs3)C[C@@H]2CN2[C@@H]3COC[C@H]2CC(O)C3)cc1.[B].[H-].[Na+]. The Labute approximate surface area is 459 Å². The maximum atomic E-state index is 13.3. The van der Waals surface area contributed by atoms with Gasteiger partial charge in [0.05, 0.1) is 55.8 Å². The Bertz CT molecular complexity index is 2600. The van der Waals surface area contributed by atoms with Crippen molar-refractivity contribution in [3.05, 3.63) is 94.7 Å². The van der Waals surface area contributed by atoms with Crippen molar-refractivity contribution in [2.45, 2.75) is 115 Å². The molecule has 6 aliphatic heterocycles. The van der Waals surface area contributed by atoms with E-state index < -0.39 is 31.2 Å². The molecule has 387 valence electrons. The number of piperazine rings is 2. The fraction of sp³-hybridized carbons (Fsp3) is 0.580. The third-order valence-electron chi connectivity index (χ3n) is 14.9. The summed E-state index contributed by atoms with van der Waals surface area (Å²) in [5.41, 5.74) is 1.85. The van der Waals surface area contributed by atoms with E-state index in [1.807, 2.05) is 48.5 Å². The first kappa shape index (κ1) is 57.4. The first-order valence-corrected chi connectivity index (χ1v) is 29.0. The molecule has 0 spiro atoms. The summed E-state index contributed by atoms with van der Waals surface area (Å²) in [4.78, 5) is 21.6. The molecule has 6 aliphatic rings. The van der Waals surface area contributed by atoms with Crippen LogP contribution in [0.4, 0.5) is 11.4 Å². The molecule has 10 rings (SSSR count). The number of hydrogen-bond donors (Lipinski definition) is 3. The average Bonchev–Trinajstić information content (AvgIpc) is 4.07. The average molecular weight is 1080 g/mol. The fourth-order valence-electron chi connectivity index (χ4n) is 11.1. The number of aliphatic hydroxyl groups is 3. The number of rotatable bonds is 12. The maximum Gasteiger partial charge on any atom is 1.00 e. The van der Waals surface area contributed by atoms with Crippen LogP contribution in [0.2, 0.25) is 0 Å². The number of carbonyl (C=O) groups is 1. The van der Waals surface area contributed by atoms with E-state index in [1.165, 1.54) is 22.7 Å². The Morgan fingerprint density at radius 1 is 0.611 bits per heavy atom. The Morgan fingerprint density at radius 3 is 1.35 bits per heavy atom. The van der Waals surface area contributed by atoms with Gasteiger partial charge in [0.15, 0.2) is 0 Å². The van der Waals surface area contributed by atoms with Gasteiger partial charge in [-0.15, -0.1) is 22.7 Å². The summed E-state index contributed by atoms with van der Waals surface area (Å²) in [6, 6.07) is 22.9. The van der Waals surface area contributed by atoms with Gasteiger partial charge in [-0.05, 0) is 98.8 Å². The minimum absolute atomic E-state index is 0. The molecular weight excluding hydrogens is 1010 g/mol. The first-order valence-electron chi connectivity index (χ1n) is 24.4. The second-order valence-electron chi connectivity index (χ2n) is 20.7. The molecule has 2 aromatic heterocycles. The molecule has 4 bridgehead atoms. The minimum Gasteiger partial charge on any atom is -1.00 e. The standard InChI is InChI=1S/C25H35N3O5S2.C25H33N3O5S2.B.Na.H/c2*1-25(2,30)18-5-7-19(8-6-18)27-10-9-26(35(31,32)24-4-3-11-34-24)14-22(27)15-28-20-12-23(29)13-21(28)17-33-16-20;;;/h3-8,11,20-23,29-30H,9-10,12-17H2,1-2H3;3-8,11,20-22,30H,9-10,12-17H2,1-2H3;;;/q;;;+1;-1/t20-,21+,22-,23?;20-,21+,22-;;;/m11.../s1. The summed E-state index contributed by atoms with van der Waals surface area (Å²) in [6.45, 7) is 13.4. The van der Waals surface area contributed by atoms with Gasteiger partial charge in [-0.3, -0.25) is 14.6 Å². The number of benzene rings is 2. The molecule has 6 saturated heterocycles. The summed E-state index contributed by atoms with van der Waals surface area (Å²) in [7, 11) is -7.10. The van der Waals surface area contributed by atoms with E-state index >= 15 is 0 Å². The molecule has 3 radical (unpaired) electrons. The number of Topliss-reactive ketones (excluding diaryl/α,β-unsaturated/α-hetero) is 1. The molecule has 0 aliphatic carbocycles. The summed E-state index contributed by atoms with van der Waals surface area (Å²) in [5, 5.41) is 34.6. The van der Waals surface area contributed by atoms with Gasteiger partial charge in [0, 0.05) is 109 Å². The molecule has 16 nitrogen and oxygen atoms in total. The Hall–Kier alpha value is -2.29. The van der Waals surface area contributed by atoms with Crippen LogP contribution in [-0.4, -0.2) is 186 Å². The molecule has 2 aromatic carbocycles. The zero-order chi connectivity index (χ0) is 49.6. The third-order valence-corrected chi connectivity index (χ3v) is 21.3. The molecule has 8 heterocycles. The van der Waals surface area contributed by atoms with E-state index in [4.69, 9.17) is 9.47 Å². The van der Waals surface area contributed by atoms with Crippen LogP contribution >= 0.6 is 22.7 Å². The van der Waals surface area contributed by atoms with E-state index in [0.717, 1.165) is 22.5 Å². The number of anilines is 2. The Kier molecular flexibility index (Phi) is 18.8. The van der Waals surface area contributed by atoms with Crippen molar-refractivity contribution >= 4 is 68.3 Å². The smallest absolute Gasteiger partial charge is 1.00 e. The van der Waals surface area contributed by atoms with Crippen molar-refractivity contribution in [3.8, 4) is 0 Å². The molecule has 6 fully saturated rings. The topological polar surface area (TPSA) is 184 Å². The van der Waals surface area contributed by atoms with Crippen LogP contribution < -0.4 is 39.4 Å². The number of aliphatic hydroxyl groups excluding tert-OH is 1. The van der Waals surface area contributed by atoms with Crippen LogP contribution in [0.25, 0.3) is 0 Å². The molecule has 0 amide bonds. The number of hydrogen-bond acceptors (Lipinski definition) is 16. The normalized spacial score (nSPS) is 27.0. The predicted octanol–water partition coefficient (Wildman–Crippen LogP) is 1.10. The molecule has 0 saturated carbocycles. The van der Waals surface area contributed by atoms with Gasteiger partial charge in [-0.1, -0.05) is 36.4 Å². The molecule has 72 heavy (non-hydrogen) atoms. The third kappa shape index (κ3) is 12.8. The van der Waals surface area contributed by atoms with Crippen LogP contribution in [-0.2, 0) is 45.5 Å². The van der Waals surface area contributed by atoms with Crippen LogP contribution in [0.5, 0.6) is 0 Å². The van der Waals surface area contributed by atoms with E-state index in [0.29, 0.717) is 113 Å². The van der Waals surface area contributed by atoms with Gasteiger partial charge in [-0.25, -0.2) is 16.8 Å². The number of nitrogens with zero attached hydrogens (tertiary/aromatic N) is 6. The Morgan fingerprint density at radius 2 is 0.986 bits per heavy atom. The van der Waals surface area contributed by atoms with E-state index in [-0.39, 0.29) is 87.5 Å². The van der Waals surface area contributed by atoms with Crippen LogP contribution in [0.1, 0.15) is 65.9 Å². The molecule has 3 N–H and O–H groups in total. The molecule has 7 atom stereocenters. The van der Waals surface area contributed by atoms with Gasteiger partial charge in [0.1, 0.15) is 14.2 Å². The first-order chi connectivity index (χ1) is 33.3. The van der Waals surface area contributed by atoms with Crippen LogP contribution in [0.15, 0.2) is 92.0 Å². The zero-order valence-electron chi connectivity index (χ0n) is 43.0. The second-order valence-corrected chi connectivity index (χ2v) is 26.9. The molecular formula is C50H69BN6NaO10S4. The van der Waals surface area contributed by atoms with Gasteiger partial charge in [0.25, 0.3) is 20.0 Å². The number of ketones is 1. The van der Waals surface area contributed by atoms with Crippen LogP contribution in [0, 0.1) is 0 Å². The molecule has 22 heteroatoms. The number of piperidine rings is 2. The van der Waals surface area contributed by atoms with Gasteiger partial charge in [-0.2, -0.15) is 8.61 Å². The summed E-state index contributed by atoms with van der Waals surface area (Å²) < 4.78 is 68.9. The summed E-state index contributed by atoms with van der Waals surface area (Å²) >= 11 is 2.50. The predicted molar refractivity (Wildman–Crippen MR) is 278 cm³/mol. The number of fused-ring (bicyclic) bond motifs is 4. The second kappa shape index (κ2) is 23.5. The maximum absolute atomic E-state index is 13.3. The van der Waals surface area contributed by atoms with E-state index in [9.17, 15) is 36.9 Å². The number of sulfonamides is 2. The van der Waals surface area contributed by atoms with Crippen molar-refractivity contribution in [1.82, 2.24) is 18.4 Å². The van der Waals surface area contributed by atoms with E-state index in [2.05, 4.69) is 19.6 Å². The van der Waals surface area contributed by atoms with E-state index in [1.54, 1.807) is 71.3 Å². The van der Waals surface area contributed by atoms with Crippen molar-refractivity contribution < 1.29 is 77.4 Å². The van der Waals surface area contributed by atoms with Gasteiger partial charge >= 0.3 is 29.6 Å². The quantitative estimate of drug-likeness (QED) is 0.172.